The highest BCUT2D eigenvalue weighted by Crippen LogP contribution is 2.28. The Morgan fingerprint density at radius 3 is 3.11 bits per heavy atom. The number of ether oxygens (including phenoxy) is 1. The van der Waals surface area contributed by atoms with Crippen LogP contribution in [-0.2, 0) is 13.2 Å². The standard InChI is InChI=1S/C14H16N4O/c1-2-6-12-10(4-1)8-18-13(9-19-12)16-17-14(18)11-5-3-7-15-11/h1-2,4,6,11,15H,3,5,7-9H2/t11-/m0/s1. The van der Waals surface area contributed by atoms with E-state index < -0.39 is 0 Å². The molecule has 1 fully saturated rings. The Bertz CT molecular complexity index is 601. The van der Waals surface area contributed by atoms with Gasteiger partial charge in [-0.05, 0) is 25.5 Å². The number of fused-ring (bicyclic) bond motifs is 2. The average molecular weight is 256 g/mol. The van der Waals surface area contributed by atoms with E-state index in [4.69, 9.17) is 4.74 Å². The van der Waals surface area contributed by atoms with Crippen LogP contribution in [0.2, 0.25) is 0 Å². The van der Waals surface area contributed by atoms with Crippen LogP contribution in [0.25, 0.3) is 0 Å². The van der Waals surface area contributed by atoms with Gasteiger partial charge in [0.2, 0.25) is 0 Å². The van der Waals surface area contributed by atoms with E-state index in [9.17, 15) is 0 Å². The van der Waals surface area contributed by atoms with E-state index in [0.29, 0.717) is 12.6 Å². The fraction of sp³-hybridized carbons (Fsp3) is 0.429. The lowest BCUT2D eigenvalue weighted by atomic mass is 10.2. The molecule has 0 spiro atoms. The predicted molar refractivity (Wildman–Crippen MR) is 69.9 cm³/mol. The van der Waals surface area contributed by atoms with Gasteiger partial charge in [0.15, 0.2) is 11.6 Å². The van der Waals surface area contributed by atoms with Crippen molar-refractivity contribution in [3.63, 3.8) is 0 Å². The Balaban J connectivity index is 1.75. The van der Waals surface area contributed by atoms with E-state index in [0.717, 1.165) is 36.9 Å². The third-order valence-corrected chi connectivity index (χ3v) is 3.89. The summed E-state index contributed by atoms with van der Waals surface area (Å²) in [5.41, 5.74) is 1.19. The summed E-state index contributed by atoms with van der Waals surface area (Å²) in [4.78, 5) is 0. The number of aromatic nitrogens is 3. The van der Waals surface area contributed by atoms with Crippen LogP contribution in [0.5, 0.6) is 5.75 Å². The highest BCUT2D eigenvalue weighted by molar-refractivity contribution is 5.35. The molecule has 0 radical (unpaired) electrons. The molecule has 0 saturated carbocycles. The van der Waals surface area contributed by atoms with Crippen LogP contribution in [0, 0.1) is 0 Å². The summed E-state index contributed by atoms with van der Waals surface area (Å²) in [6.45, 7) is 2.36. The fourth-order valence-corrected chi connectivity index (χ4v) is 2.88. The van der Waals surface area contributed by atoms with Gasteiger partial charge in [-0.3, -0.25) is 0 Å². The largest absolute Gasteiger partial charge is 0.485 e. The van der Waals surface area contributed by atoms with Crippen molar-refractivity contribution in [2.24, 2.45) is 0 Å². The van der Waals surface area contributed by atoms with Crippen LogP contribution < -0.4 is 10.1 Å². The van der Waals surface area contributed by atoms with Gasteiger partial charge in [-0.15, -0.1) is 10.2 Å². The summed E-state index contributed by atoms with van der Waals surface area (Å²) in [6, 6.07) is 8.51. The van der Waals surface area contributed by atoms with Crippen LogP contribution in [0.1, 0.15) is 36.1 Å². The SMILES string of the molecule is c1ccc2c(c1)Cn1c(nnc1[C@@H]1CCCN1)CO2. The Morgan fingerprint density at radius 2 is 2.21 bits per heavy atom. The van der Waals surface area contributed by atoms with Crippen LogP contribution in [-0.4, -0.2) is 21.3 Å². The van der Waals surface area contributed by atoms with Crippen LogP contribution >= 0.6 is 0 Å². The average Bonchev–Trinajstić information content (AvgIpc) is 3.04. The first kappa shape index (κ1) is 11.0. The smallest absolute Gasteiger partial charge is 0.171 e. The second kappa shape index (κ2) is 4.35. The van der Waals surface area contributed by atoms with Gasteiger partial charge in [-0.25, -0.2) is 0 Å². The third-order valence-electron chi connectivity index (χ3n) is 3.89. The predicted octanol–water partition coefficient (Wildman–Crippen LogP) is 1.64. The van der Waals surface area contributed by atoms with Crippen molar-refractivity contribution in [3.05, 3.63) is 41.5 Å². The number of para-hydroxylation sites is 1. The van der Waals surface area contributed by atoms with Crippen molar-refractivity contribution in [3.8, 4) is 5.75 Å². The molecule has 2 aromatic rings. The van der Waals surface area contributed by atoms with E-state index in [2.05, 4.69) is 26.1 Å². The first-order valence-electron chi connectivity index (χ1n) is 6.78. The summed E-state index contributed by atoms with van der Waals surface area (Å²) in [5.74, 6) is 2.92. The maximum atomic E-state index is 5.81. The number of nitrogens with one attached hydrogen (secondary N) is 1. The van der Waals surface area contributed by atoms with E-state index in [1.165, 1.54) is 12.0 Å². The molecule has 1 saturated heterocycles. The molecule has 0 amide bonds. The first-order chi connectivity index (χ1) is 9.42. The van der Waals surface area contributed by atoms with Crippen LogP contribution in [0.15, 0.2) is 24.3 Å². The van der Waals surface area contributed by atoms with Crippen molar-refractivity contribution < 1.29 is 4.74 Å². The lowest BCUT2D eigenvalue weighted by Gasteiger charge is -2.12. The van der Waals surface area contributed by atoms with Gasteiger partial charge < -0.3 is 14.6 Å². The highest BCUT2D eigenvalue weighted by atomic mass is 16.5. The van der Waals surface area contributed by atoms with E-state index in [1.54, 1.807) is 0 Å². The van der Waals surface area contributed by atoms with Gasteiger partial charge in [0.05, 0.1) is 12.6 Å². The summed E-state index contributed by atoms with van der Waals surface area (Å²) >= 11 is 0. The molecule has 5 heteroatoms. The number of benzene rings is 1. The van der Waals surface area contributed by atoms with Crippen molar-refractivity contribution in [1.82, 2.24) is 20.1 Å². The van der Waals surface area contributed by atoms with E-state index in [1.807, 2.05) is 18.2 Å². The molecule has 2 aliphatic heterocycles. The summed E-state index contributed by atoms with van der Waals surface area (Å²) in [6.07, 6.45) is 2.35. The molecule has 19 heavy (non-hydrogen) atoms. The maximum Gasteiger partial charge on any atom is 0.171 e. The Hall–Kier alpha value is -1.88. The molecule has 4 rings (SSSR count). The molecule has 0 unspecified atom stereocenters. The zero-order chi connectivity index (χ0) is 12.7. The first-order valence-corrected chi connectivity index (χ1v) is 6.78. The van der Waals surface area contributed by atoms with E-state index >= 15 is 0 Å². The molecule has 1 aromatic heterocycles. The van der Waals surface area contributed by atoms with Crippen molar-refractivity contribution in [2.75, 3.05) is 6.54 Å². The summed E-state index contributed by atoms with van der Waals surface area (Å²) in [5, 5.41) is 12.1. The number of nitrogens with zero attached hydrogens (tertiary/aromatic N) is 3. The number of hydrogen-bond acceptors (Lipinski definition) is 4. The second-order valence-corrected chi connectivity index (χ2v) is 5.11. The third kappa shape index (κ3) is 1.81. The lowest BCUT2D eigenvalue weighted by Crippen LogP contribution is -2.19. The Morgan fingerprint density at radius 1 is 1.26 bits per heavy atom. The molecule has 1 atom stereocenters. The lowest BCUT2D eigenvalue weighted by molar-refractivity contribution is 0.297. The zero-order valence-electron chi connectivity index (χ0n) is 10.7. The number of hydrogen-bond donors (Lipinski definition) is 1. The van der Waals surface area contributed by atoms with Crippen LogP contribution in [0.3, 0.4) is 0 Å². The van der Waals surface area contributed by atoms with Crippen molar-refractivity contribution in [1.29, 1.82) is 0 Å². The molecule has 1 N–H and O–H groups in total. The highest BCUT2D eigenvalue weighted by Gasteiger charge is 2.26. The van der Waals surface area contributed by atoms with Gasteiger partial charge in [-0.1, -0.05) is 18.2 Å². The van der Waals surface area contributed by atoms with Gasteiger partial charge in [0.1, 0.15) is 12.4 Å². The van der Waals surface area contributed by atoms with Crippen molar-refractivity contribution in [2.45, 2.75) is 32.0 Å². The summed E-state index contributed by atoms with van der Waals surface area (Å²) < 4.78 is 8.01. The normalized spacial score (nSPS) is 21.4. The Kier molecular flexibility index (Phi) is 2.51. The van der Waals surface area contributed by atoms with Gasteiger partial charge in [0, 0.05) is 5.56 Å². The molecule has 0 bridgehead atoms. The second-order valence-electron chi connectivity index (χ2n) is 5.11. The van der Waals surface area contributed by atoms with Gasteiger partial charge >= 0.3 is 0 Å². The topological polar surface area (TPSA) is 52.0 Å². The molecule has 98 valence electrons. The molecule has 2 aliphatic rings. The molecule has 3 heterocycles. The Labute approximate surface area is 111 Å². The van der Waals surface area contributed by atoms with Crippen molar-refractivity contribution >= 4 is 0 Å². The minimum absolute atomic E-state index is 0.339. The van der Waals surface area contributed by atoms with Gasteiger partial charge in [0.25, 0.3) is 0 Å². The monoisotopic (exact) mass is 256 g/mol. The quantitative estimate of drug-likeness (QED) is 0.842. The van der Waals surface area contributed by atoms with Gasteiger partial charge in [-0.2, -0.15) is 0 Å². The minimum Gasteiger partial charge on any atom is -0.485 e. The molecule has 1 aromatic carbocycles. The maximum absolute atomic E-state index is 5.81. The molecule has 0 aliphatic carbocycles. The minimum atomic E-state index is 0.339. The molecular weight excluding hydrogens is 240 g/mol. The zero-order valence-corrected chi connectivity index (χ0v) is 10.7. The number of rotatable bonds is 1. The van der Waals surface area contributed by atoms with E-state index in [-0.39, 0.29) is 0 Å². The molecular formula is C14H16N4O. The van der Waals surface area contributed by atoms with Crippen LogP contribution in [0.4, 0.5) is 0 Å². The molecule has 5 nitrogen and oxygen atoms in total. The fourth-order valence-electron chi connectivity index (χ4n) is 2.88. The summed E-state index contributed by atoms with van der Waals surface area (Å²) in [7, 11) is 0.